The Hall–Kier alpha value is -1.02. The molecule has 2 atom stereocenters. The smallest absolute Gasteiger partial charge is 0.119 e. The van der Waals surface area contributed by atoms with Crippen molar-refractivity contribution in [3.05, 3.63) is 29.8 Å². The van der Waals surface area contributed by atoms with Gasteiger partial charge in [0.2, 0.25) is 0 Å². The average Bonchev–Trinajstić information content (AvgIpc) is 2.76. The number of ether oxygens (including phenoxy) is 1. The van der Waals surface area contributed by atoms with Crippen molar-refractivity contribution in [1.29, 1.82) is 0 Å². The molecule has 1 saturated carbocycles. The predicted octanol–water partition coefficient (Wildman–Crippen LogP) is 3.18. The minimum absolute atomic E-state index is 0.0962. The van der Waals surface area contributed by atoms with Gasteiger partial charge in [-0.1, -0.05) is 25.5 Å². The van der Waals surface area contributed by atoms with Crippen LogP contribution in [0.15, 0.2) is 24.3 Å². The third kappa shape index (κ3) is 3.47. The van der Waals surface area contributed by atoms with Gasteiger partial charge in [-0.05, 0) is 49.3 Å². The number of rotatable bonds is 5. The molecule has 2 rings (SSSR count). The highest BCUT2D eigenvalue weighted by Gasteiger charge is 2.24. The van der Waals surface area contributed by atoms with E-state index in [1.807, 2.05) is 12.1 Å². The molecule has 1 aliphatic carbocycles. The first kappa shape index (κ1) is 12.4. The Morgan fingerprint density at radius 3 is 2.59 bits per heavy atom. The number of hydrogen-bond donors (Lipinski definition) is 1. The van der Waals surface area contributed by atoms with Crippen LogP contribution in [0.3, 0.4) is 0 Å². The minimum atomic E-state index is -0.0962. The van der Waals surface area contributed by atoms with Crippen molar-refractivity contribution in [3.63, 3.8) is 0 Å². The molecule has 0 bridgehead atoms. The van der Waals surface area contributed by atoms with Crippen molar-refractivity contribution in [3.8, 4) is 5.75 Å². The Kier molecular flexibility index (Phi) is 4.43. The van der Waals surface area contributed by atoms with Gasteiger partial charge in [0.15, 0.2) is 0 Å². The molecule has 1 N–H and O–H groups in total. The molecule has 1 aromatic rings. The third-order valence-corrected chi connectivity index (χ3v) is 3.71. The topological polar surface area (TPSA) is 29.5 Å². The van der Waals surface area contributed by atoms with Gasteiger partial charge in [0.25, 0.3) is 0 Å². The van der Waals surface area contributed by atoms with Gasteiger partial charge in [-0.3, -0.25) is 0 Å². The van der Waals surface area contributed by atoms with Gasteiger partial charge in [-0.15, -0.1) is 0 Å². The summed E-state index contributed by atoms with van der Waals surface area (Å²) in [6.45, 7) is 2.87. The fourth-order valence-corrected chi connectivity index (χ4v) is 2.50. The van der Waals surface area contributed by atoms with Crippen LogP contribution in [0, 0.1) is 5.92 Å². The van der Waals surface area contributed by atoms with Gasteiger partial charge in [0.1, 0.15) is 5.75 Å². The second-order valence-electron chi connectivity index (χ2n) is 4.89. The summed E-state index contributed by atoms with van der Waals surface area (Å²) in [6.07, 6.45) is 5.22. The van der Waals surface area contributed by atoms with Crippen molar-refractivity contribution in [2.24, 2.45) is 5.92 Å². The highest BCUT2D eigenvalue weighted by molar-refractivity contribution is 5.27. The number of aryl methyl sites for hydroxylation is 1. The molecule has 1 fully saturated rings. The van der Waals surface area contributed by atoms with E-state index in [-0.39, 0.29) is 6.10 Å². The van der Waals surface area contributed by atoms with E-state index in [0.717, 1.165) is 37.9 Å². The first-order valence-corrected chi connectivity index (χ1v) is 6.69. The molecule has 94 valence electrons. The number of benzene rings is 1. The molecule has 0 amide bonds. The van der Waals surface area contributed by atoms with Gasteiger partial charge in [0, 0.05) is 0 Å². The standard InChI is InChI=1S/C15H22O2/c1-2-12-6-8-14(9-7-12)17-11-10-13-4-3-5-15(13)16/h6-9,13,15-16H,2-5,10-11H2,1H3. The van der Waals surface area contributed by atoms with Gasteiger partial charge in [-0.25, -0.2) is 0 Å². The van der Waals surface area contributed by atoms with Gasteiger partial charge >= 0.3 is 0 Å². The third-order valence-electron chi connectivity index (χ3n) is 3.71. The molecule has 0 aromatic heterocycles. The van der Waals surface area contributed by atoms with Gasteiger partial charge in [-0.2, -0.15) is 0 Å². The van der Waals surface area contributed by atoms with Crippen molar-refractivity contribution >= 4 is 0 Å². The maximum atomic E-state index is 9.70. The summed E-state index contributed by atoms with van der Waals surface area (Å²) < 4.78 is 5.70. The molecule has 0 spiro atoms. The predicted molar refractivity (Wildman–Crippen MR) is 69.3 cm³/mol. The van der Waals surface area contributed by atoms with E-state index in [1.54, 1.807) is 0 Å². The van der Waals surface area contributed by atoms with Crippen LogP contribution in [-0.4, -0.2) is 17.8 Å². The van der Waals surface area contributed by atoms with Crippen molar-refractivity contribution < 1.29 is 9.84 Å². The summed E-state index contributed by atoms with van der Waals surface area (Å²) in [6, 6.07) is 8.29. The minimum Gasteiger partial charge on any atom is -0.494 e. The van der Waals surface area contributed by atoms with Gasteiger partial charge < -0.3 is 9.84 Å². The lowest BCUT2D eigenvalue weighted by Crippen LogP contribution is -2.16. The largest absolute Gasteiger partial charge is 0.494 e. The van der Waals surface area contributed by atoms with Crippen molar-refractivity contribution in [2.75, 3.05) is 6.61 Å². The Morgan fingerprint density at radius 1 is 1.24 bits per heavy atom. The summed E-state index contributed by atoms with van der Waals surface area (Å²) in [5.41, 5.74) is 1.34. The molecule has 0 heterocycles. The molecular formula is C15H22O2. The van der Waals surface area contributed by atoms with Crippen LogP contribution in [0.1, 0.15) is 38.2 Å². The molecule has 0 radical (unpaired) electrons. The summed E-state index contributed by atoms with van der Waals surface area (Å²) in [5.74, 6) is 1.39. The molecule has 2 nitrogen and oxygen atoms in total. The quantitative estimate of drug-likeness (QED) is 0.848. The maximum absolute atomic E-state index is 9.70. The second kappa shape index (κ2) is 6.06. The second-order valence-corrected chi connectivity index (χ2v) is 4.89. The van der Waals surface area contributed by atoms with Crippen LogP contribution in [0.4, 0.5) is 0 Å². The lowest BCUT2D eigenvalue weighted by Gasteiger charge is -2.14. The summed E-state index contributed by atoms with van der Waals surface area (Å²) in [4.78, 5) is 0. The van der Waals surface area contributed by atoms with E-state index >= 15 is 0 Å². The fourth-order valence-electron chi connectivity index (χ4n) is 2.50. The van der Waals surface area contributed by atoms with Crippen LogP contribution in [0.25, 0.3) is 0 Å². The zero-order chi connectivity index (χ0) is 12.1. The molecule has 1 aliphatic rings. The van der Waals surface area contributed by atoms with Gasteiger partial charge in [0.05, 0.1) is 12.7 Å². The molecule has 2 heteroatoms. The van der Waals surface area contributed by atoms with Crippen LogP contribution in [-0.2, 0) is 6.42 Å². The van der Waals surface area contributed by atoms with Crippen LogP contribution >= 0.6 is 0 Å². The van der Waals surface area contributed by atoms with E-state index in [4.69, 9.17) is 4.74 Å². The van der Waals surface area contributed by atoms with Crippen molar-refractivity contribution in [1.82, 2.24) is 0 Å². The van der Waals surface area contributed by atoms with E-state index in [0.29, 0.717) is 12.5 Å². The monoisotopic (exact) mass is 234 g/mol. The first-order valence-electron chi connectivity index (χ1n) is 6.69. The zero-order valence-electron chi connectivity index (χ0n) is 10.6. The van der Waals surface area contributed by atoms with E-state index < -0.39 is 0 Å². The van der Waals surface area contributed by atoms with Crippen LogP contribution < -0.4 is 4.74 Å². The Balaban J connectivity index is 1.73. The normalized spacial score (nSPS) is 23.9. The maximum Gasteiger partial charge on any atom is 0.119 e. The lowest BCUT2D eigenvalue weighted by atomic mass is 10.0. The molecule has 2 unspecified atom stereocenters. The Labute approximate surface area is 104 Å². The number of hydrogen-bond acceptors (Lipinski definition) is 2. The molecule has 0 saturated heterocycles. The van der Waals surface area contributed by atoms with Crippen LogP contribution in [0.5, 0.6) is 5.75 Å². The van der Waals surface area contributed by atoms with Crippen LogP contribution in [0.2, 0.25) is 0 Å². The molecular weight excluding hydrogens is 212 g/mol. The van der Waals surface area contributed by atoms with Crippen molar-refractivity contribution in [2.45, 2.75) is 45.1 Å². The Morgan fingerprint density at radius 2 is 2.00 bits per heavy atom. The van der Waals surface area contributed by atoms with E-state index in [1.165, 1.54) is 5.56 Å². The summed E-state index contributed by atoms with van der Waals surface area (Å²) >= 11 is 0. The SMILES string of the molecule is CCc1ccc(OCCC2CCCC2O)cc1. The molecule has 1 aromatic carbocycles. The number of aliphatic hydroxyl groups is 1. The molecule has 17 heavy (non-hydrogen) atoms. The highest BCUT2D eigenvalue weighted by atomic mass is 16.5. The van der Waals surface area contributed by atoms with E-state index in [2.05, 4.69) is 19.1 Å². The molecule has 0 aliphatic heterocycles. The Bertz CT molecular complexity index is 331. The van der Waals surface area contributed by atoms with E-state index in [9.17, 15) is 5.11 Å². The first-order chi connectivity index (χ1) is 8.29. The lowest BCUT2D eigenvalue weighted by molar-refractivity contribution is 0.117. The summed E-state index contributed by atoms with van der Waals surface area (Å²) in [7, 11) is 0. The number of aliphatic hydroxyl groups excluding tert-OH is 1. The zero-order valence-corrected chi connectivity index (χ0v) is 10.6. The fraction of sp³-hybridized carbons (Fsp3) is 0.600. The summed E-state index contributed by atoms with van der Waals surface area (Å²) in [5, 5.41) is 9.70. The average molecular weight is 234 g/mol. The highest BCUT2D eigenvalue weighted by Crippen LogP contribution is 2.28.